The van der Waals surface area contributed by atoms with Crippen LogP contribution in [0.3, 0.4) is 0 Å². The summed E-state index contributed by atoms with van der Waals surface area (Å²) < 4.78 is 36.5. The van der Waals surface area contributed by atoms with Crippen molar-refractivity contribution in [1.29, 1.82) is 0 Å². The van der Waals surface area contributed by atoms with Crippen LogP contribution in [0.5, 0.6) is 5.75 Å². The molecule has 0 aromatic heterocycles. The van der Waals surface area contributed by atoms with Gasteiger partial charge in [0.05, 0.1) is 7.11 Å². The molecule has 0 aliphatic heterocycles. The predicted octanol–water partition coefficient (Wildman–Crippen LogP) is 2.37. The Balaban J connectivity index is 3.56. The lowest BCUT2D eigenvalue weighted by atomic mass is 9.98. The fourth-order valence-electron chi connectivity index (χ4n) is 1.67. The summed E-state index contributed by atoms with van der Waals surface area (Å²) in [6, 6.07) is 3.12. The molecule has 90 valence electrons. The Hall–Kier alpha value is -1.07. The van der Waals surface area contributed by atoms with Crippen LogP contribution < -0.4 is 4.74 Å². The second kappa shape index (κ2) is 4.43. The molecule has 1 rings (SSSR count). The molecule has 0 fully saturated rings. The van der Waals surface area contributed by atoms with E-state index in [4.69, 9.17) is 9.29 Å². The van der Waals surface area contributed by atoms with E-state index in [0.717, 1.165) is 5.56 Å². The van der Waals surface area contributed by atoms with E-state index in [0.29, 0.717) is 11.3 Å². The van der Waals surface area contributed by atoms with Gasteiger partial charge in [0.2, 0.25) is 0 Å². The molecular weight excluding hydrogens is 228 g/mol. The average Bonchev–Trinajstić information content (AvgIpc) is 2.15. The van der Waals surface area contributed by atoms with E-state index in [2.05, 4.69) is 0 Å². The Morgan fingerprint density at radius 2 is 1.88 bits per heavy atom. The molecule has 0 aliphatic carbocycles. The maximum Gasteiger partial charge on any atom is 0.294 e. The maximum absolute atomic E-state index is 11.2. The van der Waals surface area contributed by atoms with Gasteiger partial charge in [0.15, 0.2) is 0 Å². The van der Waals surface area contributed by atoms with Crippen molar-refractivity contribution in [1.82, 2.24) is 0 Å². The zero-order chi connectivity index (χ0) is 12.5. The van der Waals surface area contributed by atoms with Crippen LogP contribution in [0.25, 0.3) is 0 Å². The third-order valence-corrected chi connectivity index (χ3v) is 3.49. The molecule has 0 bridgehead atoms. The molecule has 4 nitrogen and oxygen atoms in total. The third kappa shape index (κ3) is 2.54. The minimum absolute atomic E-state index is 0.0875. The first-order valence-corrected chi connectivity index (χ1v) is 6.37. The van der Waals surface area contributed by atoms with Crippen LogP contribution in [0.1, 0.15) is 30.9 Å². The summed E-state index contributed by atoms with van der Waals surface area (Å²) in [5, 5.41) is 0. The van der Waals surface area contributed by atoms with Crippen LogP contribution in [-0.2, 0) is 10.1 Å². The molecule has 0 amide bonds. The Labute approximate surface area is 96.0 Å². The van der Waals surface area contributed by atoms with Crippen LogP contribution in [0.15, 0.2) is 17.0 Å². The highest BCUT2D eigenvalue weighted by Gasteiger charge is 2.18. The lowest BCUT2D eigenvalue weighted by molar-refractivity contribution is 0.411. The van der Waals surface area contributed by atoms with Gasteiger partial charge in [0, 0.05) is 6.07 Å². The second-order valence-electron chi connectivity index (χ2n) is 3.97. The van der Waals surface area contributed by atoms with Crippen LogP contribution >= 0.6 is 0 Å². The van der Waals surface area contributed by atoms with Crippen molar-refractivity contribution in [3.05, 3.63) is 23.3 Å². The molecule has 0 saturated carbocycles. The summed E-state index contributed by atoms with van der Waals surface area (Å²) in [5.41, 5.74) is 1.42. The van der Waals surface area contributed by atoms with Gasteiger partial charge in [-0.05, 0) is 30.0 Å². The SMILES string of the molecule is COc1cc(C(C)C)c(C)c(S(=O)(=O)O)c1. The van der Waals surface area contributed by atoms with E-state index < -0.39 is 10.1 Å². The third-order valence-electron chi connectivity index (χ3n) is 2.51. The standard InChI is InChI=1S/C11H16O4S/c1-7(2)10-5-9(15-4)6-11(8(10)3)16(12,13)14/h5-7H,1-4H3,(H,12,13,14). The van der Waals surface area contributed by atoms with E-state index in [1.165, 1.54) is 13.2 Å². The van der Waals surface area contributed by atoms with Gasteiger partial charge in [-0.3, -0.25) is 4.55 Å². The summed E-state index contributed by atoms with van der Waals surface area (Å²) in [6.45, 7) is 5.59. The number of methoxy groups -OCH3 is 1. The summed E-state index contributed by atoms with van der Waals surface area (Å²) in [4.78, 5) is -0.0875. The Morgan fingerprint density at radius 3 is 2.25 bits per heavy atom. The number of ether oxygens (including phenoxy) is 1. The van der Waals surface area contributed by atoms with Crippen LogP contribution in [-0.4, -0.2) is 20.1 Å². The molecule has 1 aromatic carbocycles. The molecule has 0 saturated heterocycles. The summed E-state index contributed by atoms with van der Waals surface area (Å²) in [7, 11) is -2.74. The average molecular weight is 244 g/mol. The molecule has 0 spiro atoms. The lowest BCUT2D eigenvalue weighted by Crippen LogP contribution is -2.05. The number of hydrogen-bond donors (Lipinski definition) is 1. The van der Waals surface area contributed by atoms with Crippen molar-refractivity contribution in [2.45, 2.75) is 31.6 Å². The van der Waals surface area contributed by atoms with Crippen molar-refractivity contribution in [3.8, 4) is 5.75 Å². The summed E-state index contributed by atoms with van der Waals surface area (Å²) >= 11 is 0. The van der Waals surface area contributed by atoms with Crippen molar-refractivity contribution >= 4 is 10.1 Å². The van der Waals surface area contributed by atoms with Crippen LogP contribution in [0, 0.1) is 6.92 Å². The first kappa shape index (κ1) is 13.0. The van der Waals surface area contributed by atoms with E-state index in [-0.39, 0.29) is 10.8 Å². The molecule has 0 aliphatic rings. The van der Waals surface area contributed by atoms with Gasteiger partial charge in [0.1, 0.15) is 10.6 Å². The highest BCUT2D eigenvalue weighted by Crippen LogP contribution is 2.30. The first-order chi connectivity index (χ1) is 7.27. The summed E-state index contributed by atoms with van der Waals surface area (Å²) in [6.07, 6.45) is 0. The molecule has 0 radical (unpaired) electrons. The topological polar surface area (TPSA) is 63.6 Å². The maximum atomic E-state index is 11.2. The van der Waals surface area contributed by atoms with Gasteiger partial charge in [-0.25, -0.2) is 0 Å². The van der Waals surface area contributed by atoms with Gasteiger partial charge >= 0.3 is 0 Å². The Bertz CT molecular complexity index is 489. The molecule has 0 heterocycles. The number of rotatable bonds is 3. The minimum atomic E-state index is -4.20. The molecule has 1 aromatic rings. The fraction of sp³-hybridized carbons (Fsp3) is 0.455. The zero-order valence-corrected chi connectivity index (χ0v) is 10.6. The monoisotopic (exact) mass is 244 g/mol. The largest absolute Gasteiger partial charge is 0.497 e. The normalized spacial score (nSPS) is 11.9. The Kier molecular flexibility index (Phi) is 3.60. The second-order valence-corrected chi connectivity index (χ2v) is 5.36. The van der Waals surface area contributed by atoms with Crippen molar-refractivity contribution in [2.75, 3.05) is 7.11 Å². The highest BCUT2D eigenvalue weighted by molar-refractivity contribution is 7.85. The van der Waals surface area contributed by atoms with Crippen molar-refractivity contribution in [3.63, 3.8) is 0 Å². The van der Waals surface area contributed by atoms with Gasteiger partial charge in [0.25, 0.3) is 10.1 Å². The number of hydrogen-bond acceptors (Lipinski definition) is 3. The molecular formula is C11H16O4S. The Morgan fingerprint density at radius 1 is 1.31 bits per heavy atom. The molecule has 0 atom stereocenters. The van der Waals surface area contributed by atoms with Crippen molar-refractivity contribution < 1.29 is 17.7 Å². The van der Waals surface area contributed by atoms with E-state index in [1.807, 2.05) is 13.8 Å². The quantitative estimate of drug-likeness (QED) is 0.829. The lowest BCUT2D eigenvalue weighted by Gasteiger charge is -2.14. The van der Waals surface area contributed by atoms with E-state index in [9.17, 15) is 8.42 Å². The first-order valence-electron chi connectivity index (χ1n) is 4.93. The summed E-state index contributed by atoms with van der Waals surface area (Å²) in [5.74, 6) is 0.595. The molecule has 16 heavy (non-hydrogen) atoms. The van der Waals surface area contributed by atoms with Crippen LogP contribution in [0.2, 0.25) is 0 Å². The van der Waals surface area contributed by atoms with E-state index >= 15 is 0 Å². The van der Waals surface area contributed by atoms with Gasteiger partial charge in [-0.15, -0.1) is 0 Å². The van der Waals surface area contributed by atoms with Gasteiger partial charge in [-0.1, -0.05) is 13.8 Å². The zero-order valence-electron chi connectivity index (χ0n) is 9.81. The van der Waals surface area contributed by atoms with Crippen LogP contribution in [0.4, 0.5) is 0 Å². The van der Waals surface area contributed by atoms with Gasteiger partial charge in [-0.2, -0.15) is 8.42 Å². The van der Waals surface area contributed by atoms with Crippen molar-refractivity contribution in [2.24, 2.45) is 0 Å². The molecule has 1 N–H and O–H groups in total. The number of benzene rings is 1. The van der Waals surface area contributed by atoms with E-state index in [1.54, 1.807) is 13.0 Å². The predicted molar refractivity (Wildman–Crippen MR) is 61.6 cm³/mol. The smallest absolute Gasteiger partial charge is 0.294 e. The minimum Gasteiger partial charge on any atom is -0.497 e. The highest BCUT2D eigenvalue weighted by atomic mass is 32.2. The van der Waals surface area contributed by atoms with Gasteiger partial charge < -0.3 is 4.74 Å². The molecule has 0 unspecified atom stereocenters. The molecule has 5 heteroatoms. The fourth-order valence-corrected chi connectivity index (χ4v) is 2.44.